The topological polar surface area (TPSA) is 66.5 Å². The summed E-state index contributed by atoms with van der Waals surface area (Å²) in [6, 6.07) is 6.05. The molecule has 1 N–H and O–H groups in total. The van der Waals surface area contributed by atoms with Crippen LogP contribution in [0.2, 0.25) is 0 Å². The van der Waals surface area contributed by atoms with Crippen molar-refractivity contribution in [1.82, 2.24) is 4.90 Å². The molecular weight excluding hydrogens is 312 g/mol. The molecule has 1 aliphatic heterocycles. The van der Waals surface area contributed by atoms with Crippen molar-refractivity contribution < 1.29 is 13.2 Å². The smallest absolute Gasteiger partial charge is 0.225 e. The van der Waals surface area contributed by atoms with E-state index in [1.165, 1.54) is 0 Å². The van der Waals surface area contributed by atoms with Gasteiger partial charge in [0.15, 0.2) is 9.84 Å². The van der Waals surface area contributed by atoms with E-state index in [2.05, 4.69) is 12.2 Å². The highest BCUT2D eigenvalue weighted by Gasteiger charge is 2.30. The Hall–Kier alpha value is -1.40. The average molecular weight is 338 g/mol. The second-order valence-corrected chi connectivity index (χ2v) is 8.53. The molecule has 1 amide bonds. The lowest BCUT2D eigenvalue weighted by Gasteiger charge is -2.22. The summed E-state index contributed by atoms with van der Waals surface area (Å²) in [4.78, 5) is 14.2. The molecule has 0 radical (unpaired) electrons. The van der Waals surface area contributed by atoms with Gasteiger partial charge in [-0.05, 0) is 37.9 Å². The molecule has 1 aliphatic rings. The van der Waals surface area contributed by atoms with Crippen LogP contribution in [0.1, 0.15) is 30.9 Å². The van der Waals surface area contributed by atoms with Gasteiger partial charge >= 0.3 is 0 Å². The van der Waals surface area contributed by atoms with Gasteiger partial charge in [0, 0.05) is 24.7 Å². The Morgan fingerprint density at radius 1 is 1.39 bits per heavy atom. The van der Waals surface area contributed by atoms with Gasteiger partial charge in [-0.25, -0.2) is 8.42 Å². The zero-order valence-electron chi connectivity index (χ0n) is 14.1. The standard InChI is InChI=1S/C17H26N2O3S/c1-4-14-7-5-6-13(2)17(14)18-16(20)8-10-19(3)15-9-11-23(21,22)12-15/h5-7,15H,4,8-12H2,1-3H3,(H,18,20). The highest BCUT2D eigenvalue weighted by atomic mass is 32.2. The van der Waals surface area contributed by atoms with Gasteiger partial charge in [0.2, 0.25) is 5.91 Å². The summed E-state index contributed by atoms with van der Waals surface area (Å²) in [5.74, 6) is 0.446. The van der Waals surface area contributed by atoms with Gasteiger partial charge in [-0.2, -0.15) is 0 Å². The summed E-state index contributed by atoms with van der Waals surface area (Å²) in [5.41, 5.74) is 3.10. The van der Waals surface area contributed by atoms with E-state index in [0.29, 0.717) is 19.4 Å². The maximum atomic E-state index is 12.2. The van der Waals surface area contributed by atoms with Gasteiger partial charge in [-0.3, -0.25) is 4.79 Å². The first-order valence-electron chi connectivity index (χ1n) is 8.11. The third kappa shape index (κ3) is 4.78. The van der Waals surface area contributed by atoms with Crippen LogP contribution in [-0.4, -0.2) is 50.4 Å². The molecule has 0 aromatic heterocycles. The Morgan fingerprint density at radius 3 is 2.74 bits per heavy atom. The predicted molar refractivity (Wildman–Crippen MR) is 93.5 cm³/mol. The normalized spacial score (nSPS) is 19.9. The molecule has 1 aromatic carbocycles. The third-order valence-corrected chi connectivity index (χ3v) is 6.28. The molecule has 5 nitrogen and oxygen atoms in total. The number of sulfone groups is 1. The number of aryl methyl sites for hydroxylation is 2. The lowest BCUT2D eigenvalue weighted by molar-refractivity contribution is -0.116. The quantitative estimate of drug-likeness (QED) is 0.861. The van der Waals surface area contributed by atoms with Crippen molar-refractivity contribution in [2.24, 2.45) is 0 Å². The number of anilines is 1. The molecule has 1 unspecified atom stereocenters. The van der Waals surface area contributed by atoms with E-state index in [-0.39, 0.29) is 23.5 Å². The van der Waals surface area contributed by atoms with Crippen molar-refractivity contribution in [2.45, 2.75) is 39.2 Å². The average Bonchev–Trinajstić information content (AvgIpc) is 2.87. The maximum absolute atomic E-state index is 12.2. The number of para-hydroxylation sites is 1. The Bertz CT molecular complexity index is 670. The minimum Gasteiger partial charge on any atom is -0.326 e. The number of carbonyl (C=O) groups excluding carboxylic acids is 1. The summed E-state index contributed by atoms with van der Waals surface area (Å²) in [5, 5.41) is 3.01. The minimum atomic E-state index is -2.88. The van der Waals surface area contributed by atoms with Crippen LogP contribution in [0.4, 0.5) is 5.69 Å². The Kier molecular flexibility index (Phi) is 5.81. The number of amides is 1. The SMILES string of the molecule is CCc1cccc(C)c1NC(=O)CCN(C)C1CCS(=O)(=O)C1. The largest absolute Gasteiger partial charge is 0.326 e. The summed E-state index contributed by atoms with van der Waals surface area (Å²) in [6.45, 7) is 4.63. The van der Waals surface area contributed by atoms with Crippen LogP contribution in [-0.2, 0) is 21.1 Å². The molecule has 0 spiro atoms. The third-order valence-electron chi connectivity index (χ3n) is 4.53. The van der Waals surface area contributed by atoms with Gasteiger partial charge in [0.25, 0.3) is 0 Å². The molecule has 1 heterocycles. The van der Waals surface area contributed by atoms with Crippen molar-refractivity contribution in [1.29, 1.82) is 0 Å². The molecule has 23 heavy (non-hydrogen) atoms. The monoisotopic (exact) mass is 338 g/mol. The Morgan fingerprint density at radius 2 is 2.13 bits per heavy atom. The van der Waals surface area contributed by atoms with Gasteiger partial charge in [-0.15, -0.1) is 0 Å². The van der Waals surface area contributed by atoms with E-state index in [1.807, 2.05) is 37.1 Å². The van der Waals surface area contributed by atoms with Crippen molar-refractivity contribution in [3.8, 4) is 0 Å². The second-order valence-electron chi connectivity index (χ2n) is 6.30. The first-order valence-corrected chi connectivity index (χ1v) is 9.93. The zero-order valence-corrected chi connectivity index (χ0v) is 14.9. The van der Waals surface area contributed by atoms with Crippen LogP contribution in [0.5, 0.6) is 0 Å². The lowest BCUT2D eigenvalue weighted by Crippen LogP contribution is -2.35. The van der Waals surface area contributed by atoms with Gasteiger partial charge < -0.3 is 10.2 Å². The van der Waals surface area contributed by atoms with Crippen molar-refractivity contribution in [3.05, 3.63) is 29.3 Å². The number of hydrogen-bond donors (Lipinski definition) is 1. The summed E-state index contributed by atoms with van der Waals surface area (Å²) in [7, 11) is -0.992. The first kappa shape index (κ1) is 17.9. The number of benzene rings is 1. The van der Waals surface area contributed by atoms with E-state index in [0.717, 1.165) is 23.2 Å². The fourth-order valence-corrected chi connectivity index (χ4v) is 4.79. The molecule has 0 bridgehead atoms. The van der Waals surface area contributed by atoms with Crippen LogP contribution >= 0.6 is 0 Å². The number of carbonyl (C=O) groups is 1. The van der Waals surface area contributed by atoms with Crippen LogP contribution in [0.15, 0.2) is 18.2 Å². The van der Waals surface area contributed by atoms with Gasteiger partial charge in [0.1, 0.15) is 0 Å². The number of nitrogens with one attached hydrogen (secondary N) is 1. The predicted octanol–water partition coefficient (Wildman–Crippen LogP) is 2.00. The molecule has 0 saturated carbocycles. The first-order chi connectivity index (χ1) is 10.8. The van der Waals surface area contributed by atoms with Crippen molar-refractivity contribution >= 4 is 21.4 Å². The molecule has 1 atom stereocenters. The summed E-state index contributed by atoms with van der Waals surface area (Å²) in [6.07, 6.45) is 1.90. The molecule has 1 fully saturated rings. The van der Waals surface area contributed by atoms with E-state index in [1.54, 1.807) is 0 Å². The molecule has 1 aromatic rings. The second kappa shape index (κ2) is 7.45. The molecule has 1 saturated heterocycles. The molecule has 6 heteroatoms. The Balaban J connectivity index is 1.89. The van der Waals surface area contributed by atoms with E-state index in [9.17, 15) is 13.2 Å². The molecule has 2 rings (SSSR count). The highest BCUT2D eigenvalue weighted by Crippen LogP contribution is 2.21. The number of rotatable bonds is 6. The maximum Gasteiger partial charge on any atom is 0.225 e. The van der Waals surface area contributed by atoms with E-state index in [4.69, 9.17) is 0 Å². The van der Waals surface area contributed by atoms with E-state index < -0.39 is 9.84 Å². The van der Waals surface area contributed by atoms with Crippen LogP contribution < -0.4 is 5.32 Å². The van der Waals surface area contributed by atoms with E-state index >= 15 is 0 Å². The van der Waals surface area contributed by atoms with Gasteiger partial charge in [-0.1, -0.05) is 25.1 Å². The lowest BCUT2D eigenvalue weighted by atomic mass is 10.1. The molecule has 128 valence electrons. The Labute approximate surface area is 139 Å². The summed E-state index contributed by atoms with van der Waals surface area (Å²) < 4.78 is 23.1. The zero-order chi connectivity index (χ0) is 17.0. The van der Waals surface area contributed by atoms with Crippen LogP contribution in [0.3, 0.4) is 0 Å². The fraction of sp³-hybridized carbons (Fsp3) is 0.588. The number of nitrogens with zero attached hydrogens (tertiary/aromatic N) is 1. The number of hydrogen-bond acceptors (Lipinski definition) is 4. The minimum absolute atomic E-state index is 0.0262. The van der Waals surface area contributed by atoms with Gasteiger partial charge in [0.05, 0.1) is 11.5 Å². The van der Waals surface area contributed by atoms with Crippen LogP contribution in [0.25, 0.3) is 0 Å². The molecular formula is C17H26N2O3S. The highest BCUT2D eigenvalue weighted by molar-refractivity contribution is 7.91. The van der Waals surface area contributed by atoms with Crippen molar-refractivity contribution in [3.63, 3.8) is 0 Å². The molecule has 0 aliphatic carbocycles. The fourth-order valence-electron chi connectivity index (χ4n) is 2.99. The van der Waals surface area contributed by atoms with Crippen LogP contribution in [0, 0.1) is 6.92 Å². The summed E-state index contributed by atoms with van der Waals surface area (Å²) >= 11 is 0. The van der Waals surface area contributed by atoms with Crippen molar-refractivity contribution in [2.75, 3.05) is 30.4 Å².